The van der Waals surface area contributed by atoms with Crippen molar-refractivity contribution < 1.29 is 4.74 Å². The number of hydrogen-bond acceptors (Lipinski definition) is 3. The molecule has 2 fully saturated rings. The van der Waals surface area contributed by atoms with E-state index in [4.69, 9.17) is 9.73 Å². The molecule has 0 aromatic carbocycles. The topological polar surface area (TPSA) is 49.8 Å². The summed E-state index contributed by atoms with van der Waals surface area (Å²) in [5.41, 5.74) is 1.59. The Balaban J connectivity index is 0.00000208. The van der Waals surface area contributed by atoms with Gasteiger partial charge in [-0.3, -0.25) is 0 Å². The lowest BCUT2D eigenvalue weighted by molar-refractivity contribution is 0.309. The summed E-state index contributed by atoms with van der Waals surface area (Å²) in [6, 6.07) is 3.96. The molecule has 1 aromatic rings. The molecule has 0 radical (unpaired) electrons. The van der Waals surface area contributed by atoms with Crippen molar-refractivity contribution >= 4 is 29.9 Å². The van der Waals surface area contributed by atoms with Crippen molar-refractivity contribution in [3.05, 3.63) is 23.9 Å². The third kappa shape index (κ3) is 4.32. The molecule has 1 aromatic heterocycles. The van der Waals surface area contributed by atoms with Gasteiger partial charge in [0.2, 0.25) is 5.88 Å². The lowest BCUT2D eigenvalue weighted by atomic mass is 9.86. The molecule has 0 bridgehead atoms. The van der Waals surface area contributed by atoms with E-state index < -0.39 is 0 Å². The number of pyridine rings is 1. The maximum atomic E-state index is 5.32. The van der Waals surface area contributed by atoms with Crippen molar-refractivity contribution in [3.63, 3.8) is 0 Å². The zero-order chi connectivity index (χ0) is 16.1. The number of likely N-dealkylation sites (tertiary alicyclic amines) is 1. The van der Waals surface area contributed by atoms with Gasteiger partial charge < -0.3 is 15.0 Å². The molecule has 1 saturated carbocycles. The van der Waals surface area contributed by atoms with Gasteiger partial charge in [0, 0.05) is 31.4 Å². The molecule has 1 aliphatic heterocycles. The summed E-state index contributed by atoms with van der Waals surface area (Å²) in [4.78, 5) is 11.5. The normalized spacial score (nSPS) is 19.4. The first-order valence-corrected chi connectivity index (χ1v) is 8.77. The van der Waals surface area contributed by atoms with Gasteiger partial charge in [-0.15, -0.1) is 24.0 Å². The summed E-state index contributed by atoms with van der Waals surface area (Å²) in [7, 11) is 1.66. The summed E-state index contributed by atoms with van der Waals surface area (Å²) in [6.45, 7) is 5.90. The van der Waals surface area contributed by atoms with E-state index in [9.17, 15) is 0 Å². The third-order valence-corrected chi connectivity index (χ3v) is 5.18. The lowest BCUT2D eigenvalue weighted by Crippen LogP contribution is -2.41. The van der Waals surface area contributed by atoms with Gasteiger partial charge in [0.1, 0.15) is 0 Å². The Bertz CT molecular complexity index is 558. The molecule has 2 heterocycles. The minimum Gasteiger partial charge on any atom is -0.481 e. The van der Waals surface area contributed by atoms with Crippen LogP contribution in [0.5, 0.6) is 5.88 Å². The first-order valence-electron chi connectivity index (χ1n) is 8.77. The largest absolute Gasteiger partial charge is 0.481 e. The van der Waals surface area contributed by atoms with Crippen LogP contribution in [0.3, 0.4) is 0 Å². The minimum absolute atomic E-state index is 0. The number of aliphatic imine (C=N–C) groups is 1. The van der Waals surface area contributed by atoms with Gasteiger partial charge in [0.15, 0.2) is 5.96 Å². The Labute approximate surface area is 162 Å². The van der Waals surface area contributed by atoms with Crippen LogP contribution in [0.2, 0.25) is 0 Å². The average molecular weight is 444 g/mol. The molecule has 1 saturated heterocycles. The van der Waals surface area contributed by atoms with Crippen LogP contribution in [0, 0.1) is 5.41 Å². The van der Waals surface area contributed by atoms with Gasteiger partial charge in [-0.05, 0) is 37.7 Å². The Morgan fingerprint density at radius 3 is 2.88 bits per heavy atom. The molecule has 1 spiro atoms. The highest BCUT2D eigenvalue weighted by Crippen LogP contribution is 2.45. The van der Waals surface area contributed by atoms with Crippen LogP contribution in [0.4, 0.5) is 0 Å². The van der Waals surface area contributed by atoms with E-state index in [2.05, 4.69) is 22.1 Å². The average Bonchev–Trinajstić information content (AvgIpc) is 3.22. The quantitative estimate of drug-likeness (QED) is 0.439. The van der Waals surface area contributed by atoms with Crippen LogP contribution < -0.4 is 10.1 Å². The maximum absolute atomic E-state index is 5.32. The standard InChI is InChI=1S/C18H28N4O.HI/c1-3-19-17(21-13-15-7-6-11-20-16(15)23-2)22-12-10-18(14-22)8-4-5-9-18;/h6-7,11H,3-5,8-10,12-14H2,1-2H3,(H,19,21);1H. The predicted molar refractivity (Wildman–Crippen MR) is 108 cm³/mol. The van der Waals surface area contributed by atoms with Gasteiger partial charge in [0.25, 0.3) is 0 Å². The first-order chi connectivity index (χ1) is 11.3. The molecular weight excluding hydrogens is 415 g/mol. The molecule has 1 N–H and O–H groups in total. The van der Waals surface area contributed by atoms with Crippen LogP contribution in [-0.4, -0.2) is 42.6 Å². The van der Waals surface area contributed by atoms with E-state index in [0.29, 0.717) is 17.8 Å². The second-order valence-corrected chi connectivity index (χ2v) is 6.72. The predicted octanol–water partition coefficient (Wildman–Crippen LogP) is 3.44. The summed E-state index contributed by atoms with van der Waals surface area (Å²) < 4.78 is 5.32. The molecule has 2 aliphatic rings. The minimum atomic E-state index is 0. The van der Waals surface area contributed by atoms with Crippen LogP contribution in [-0.2, 0) is 6.54 Å². The zero-order valence-corrected chi connectivity index (χ0v) is 17.1. The van der Waals surface area contributed by atoms with Crippen LogP contribution in [0.15, 0.2) is 23.3 Å². The fraction of sp³-hybridized carbons (Fsp3) is 0.667. The molecule has 5 nitrogen and oxygen atoms in total. The van der Waals surface area contributed by atoms with Crippen molar-refractivity contribution in [3.8, 4) is 5.88 Å². The fourth-order valence-corrected chi connectivity index (χ4v) is 3.96. The van der Waals surface area contributed by atoms with Gasteiger partial charge in [-0.2, -0.15) is 0 Å². The molecule has 0 amide bonds. The van der Waals surface area contributed by atoms with Gasteiger partial charge in [-0.1, -0.05) is 18.9 Å². The molecule has 0 atom stereocenters. The van der Waals surface area contributed by atoms with Gasteiger partial charge in [0.05, 0.1) is 13.7 Å². The molecule has 1 aliphatic carbocycles. The van der Waals surface area contributed by atoms with Crippen molar-refractivity contribution in [1.82, 2.24) is 15.2 Å². The number of guanidine groups is 1. The highest BCUT2D eigenvalue weighted by atomic mass is 127. The number of aromatic nitrogens is 1. The number of nitrogens with one attached hydrogen (secondary N) is 1. The SMILES string of the molecule is CCNC(=NCc1cccnc1OC)N1CCC2(CCCC2)C1.I. The lowest BCUT2D eigenvalue weighted by Gasteiger charge is -2.26. The summed E-state index contributed by atoms with van der Waals surface area (Å²) >= 11 is 0. The van der Waals surface area contributed by atoms with Crippen LogP contribution >= 0.6 is 24.0 Å². The van der Waals surface area contributed by atoms with E-state index in [1.54, 1.807) is 13.3 Å². The molecule has 0 unspecified atom stereocenters. The molecule has 134 valence electrons. The van der Waals surface area contributed by atoms with Gasteiger partial charge in [-0.25, -0.2) is 9.98 Å². The van der Waals surface area contributed by atoms with Crippen molar-refractivity contribution in [2.75, 3.05) is 26.7 Å². The van der Waals surface area contributed by atoms with Crippen molar-refractivity contribution in [2.45, 2.75) is 45.6 Å². The van der Waals surface area contributed by atoms with E-state index in [1.807, 2.05) is 12.1 Å². The highest BCUT2D eigenvalue weighted by Gasteiger charge is 2.41. The van der Waals surface area contributed by atoms with Crippen molar-refractivity contribution in [2.24, 2.45) is 10.4 Å². The van der Waals surface area contributed by atoms with E-state index in [-0.39, 0.29) is 24.0 Å². The van der Waals surface area contributed by atoms with Crippen LogP contribution in [0.1, 0.15) is 44.6 Å². The summed E-state index contributed by atoms with van der Waals surface area (Å²) in [6.07, 6.45) is 8.64. The Hall–Kier alpha value is -1.05. The number of rotatable bonds is 4. The molecular formula is C18H29IN4O. The Morgan fingerprint density at radius 1 is 1.38 bits per heavy atom. The number of hydrogen-bond donors (Lipinski definition) is 1. The Morgan fingerprint density at radius 2 is 2.17 bits per heavy atom. The first kappa shape index (κ1) is 19.3. The fourth-order valence-electron chi connectivity index (χ4n) is 3.96. The molecule has 24 heavy (non-hydrogen) atoms. The van der Waals surface area contributed by atoms with E-state index in [1.165, 1.54) is 32.1 Å². The van der Waals surface area contributed by atoms with E-state index >= 15 is 0 Å². The van der Waals surface area contributed by atoms with Crippen molar-refractivity contribution in [1.29, 1.82) is 0 Å². The molecule has 3 rings (SSSR count). The van der Waals surface area contributed by atoms with Gasteiger partial charge >= 0.3 is 0 Å². The monoisotopic (exact) mass is 444 g/mol. The third-order valence-electron chi connectivity index (χ3n) is 5.18. The Kier molecular flexibility index (Phi) is 7.13. The highest BCUT2D eigenvalue weighted by molar-refractivity contribution is 14.0. The zero-order valence-electron chi connectivity index (χ0n) is 14.8. The second-order valence-electron chi connectivity index (χ2n) is 6.72. The molecule has 6 heteroatoms. The van der Waals surface area contributed by atoms with Crippen LogP contribution in [0.25, 0.3) is 0 Å². The smallest absolute Gasteiger partial charge is 0.218 e. The van der Waals surface area contributed by atoms with E-state index in [0.717, 1.165) is 31.2 Å². The number of methoxy groups -OCH3 is 1. The number of nitrogens with zero attached hydrogens (tertiary/aromatic N) is 3. The number of halogens is 1. The summed E-state index contributed by atoms with van der Waals surface area (Å²) in [5.74, 6) is 1.70. The summed E-state index contributed by atoms with van der Waals surface area (Å²) in [5, 5.41) is 3.45. The second kappa shape index (κ2) is 8.87. The maximum Gasteiger partial charge on any atom is 0.218 e. The number of ether oxygens (including phenoxy) is 1.